The summed E-state index contributed by atoms with van der Waals surface area (Å²) in [5, 5.41) is 2.63. The lowest BCUT2D eigenvalue weighted by molar-refractivity contribution is -0.117. The smallest absolute Gasteiger partial charge is 0.263 e. The molecule has 3 aromatic rings. The van der Waals surface area contributed by atoms with Crippen LogP contribution < -0.4 is 20.5 Å². The standard InChI is InChI=1S/C21H22ClN3O5S/c1-12-4-7-18(30-12)14-5-9-20(16(22)10-14)31(27,28)25-17-11-15(6-8-19(17)29-3)24-21(26)13(2)23/h4-11,13,25H,23H2,1-3H3,(H,24,26). The van der Waals surface area contributed by atoms with Crippen molar-refractivity contribution >= 4 is 38.9 Å². The van der Waals surface area contributed by atoms with Gasteiger partial charge in [-0.2, -0.15) is 0 Å². The number of rotatable bonds is 7. The third-order valence-corrected chi connectivity index (χ3v) is 6.22. The van der Waals surface area contributed by atoms with E-state index in [-0.39, 0.29) is 21.4 Å². The van der Waals surface area contributed by atoms with Crippen LogP contribution in [0.5, 0.6) is 5.75 Å². The summed E-state index contributed by atoms with van der Waals surface area (Å²) in [5.74, 6) is 1.16. The molecule has 31 heavy (non-hydrogen) atoms. The molecular formula is C21H22ClN3O5S. The van der Waals surface area contributed by atoms with Crippen LogP contribution in [-0.2, 0) is 14.8 Å². The first-order chi connectivity index (χ1) is 14.6. The maximum atomic E-state index is 13.0. The van der Waals surface area contributed by atoms with Crippen molar-refractivity contribution < 1.29 is 22.4 Å². The molecule has 1 amide bonds. The number of carbonyl (C=O) groups excluding carboxylic acids is 1. The van der Waals surface area contributed by atoms with Gasteiger partial charge in [0.2, 0.25) is 5.91 Å². The lowest BCUT2D eigenvalue weighted by atomic mass is 10.2. The normalized spacial score (nSPS) is 12.3. The van der Waals surface area contributed by atoms with Gasteiger partial charge in [0.1, 0.15) is 22.2 Å². The third kappa shape index (κ3) is 5.19. The van der Waals surface area contributed by atoms with E-state index in [9.17, 15) is 13.2 Å². The number of sulfonamides is 1. The molecule has 8 nitrogen and oxygen atoms in total. The molecule has 0 fully saturated rings. The molecule has 1 atom stereocenters. The van der Waals surface area contributed by atoms with Crippen LogP contribution in [0.25, 0.3) is 11.3 Å². The number of benzene rings is 2. The molecule has 3 rings (SSSR count). The molecule has 1 unspecified atom stereocenters. The van der Waals surface area contributed by atoms with Gasteiger partial charge in [-0.05, 0) is 62.4 Å². The number of carbonyl (C=O) groups is 1. The van der Waals surface area contributed by atoms with Gasteiger partial charge in [0, 0.05) is 11.3 Å². The van der Waals surface area contributed by atoms with E-state index in [4.69, 9.17) is 26.5 Å². The Morgan fingerprint density at radius 1 is 1.16 bits per heavy atom. The van der Waals surface area contributed by atoms with Crippen molar-refractivity contribution in [2.75, 3.05) is 17.1 Å². The third-order valence-electron chi connectivity index (χ3n) is 4.37. The van der Waals surface area contributed by atoms with E-state index in [1.54, 1.807) is 24.3 Å². The highest BCUT2D eigenvalue weighted by atomic mass is 35.5. The second kappa shape index (κ2) is 9.01. The minimum atomic E-state index is -4.06. The minimum Gasteiger partial charge on any atom is -0.495 e. The fourth-order valence-corrected chi connectivity index (χ4v) is 4.39. The second-order valence-electron chi connectivity index (χ2n) is 6.85. The van der Waals surface area contributed by atoms with Crippen LogP contribution in [0.4, 0.5) is 11.4 Å². The first-order valence-corrected chi connectivity index (χ1v) is 11.1. The van der Waals surface area contributed by atoms with E-state index in [1.165, 1.54) is 38.3 Å². The average molecular weight is 464 g/mol. The zero-order chi connectivity index (χ0) is 22.8. The maximum Gasteiger partial charge on any atom is 0.263 e. The molecule has 4 N–H and O–H groups in total. The molecule has 0 aliphatic rings. The Morgan fingerprint density at radius 3 is 2.48 bits per heavy atom. The summed E-state index contributed by atoms with van der Waals surface area (Å²) in [6, 6.07) is 11.9. The molecule has 0 aliphatic heterocycles. The van der Waals surface area contributed by atoms with Gasteiger partial charge in [0.05, 0.1) is 23.9 Å². The van der Waals surface area contributed by atoms with E-state index in [2.05, 4.69) is 10.0 Å². The van der Waals surface area contributed by atoms with Crippen LogP contribution in [-0.4, -0.2) is 27.5 Å². The lowest BCUT2D eigenvalue weighted by Crippen LogP contribution is -2.32. The van der Waals surface area contributed by atoms with Crippen molar-refractivity contribution in [2.24, 2.45) is 5.73 Å². The quantitative estimate of drug-likeness (QED) is 0.486. The van der Waals surface area contributed by atoms with Gasteiger partial charge >= 0.3 is 0 Å². The molecule has 0 spiro atoms. The summed E-state index contributed by atoms with van der Waals surface area (Å²) in [6.07, 6.45) is 0. The largest absolute Gasteiger partial charge is 0.495 e. The Balaban J connectivity index is 1.91. The summed E-state index contributed by atoms with van der Waals surface area (Å²) in [5.41, 5.74) is 6.69. The van der Waals surface area contributed by atoms with Gasteiger partial charge in [0.15, 0.2) is 0 Å². The van der Waals surface area contributed by atoms with E-state index < -0.39 is 22.0 Å². The van der Waals surface area contributed by atoms with E-state index in [0.717, 1.165) is 5.76 Å². The number of furan rings is 1. The molecule has 0 bridgehead atoms. The van der Waals surface area contributed by atoms with Gasteiger partial charge in [0.25, 0.3) is 10.0 Å². The van der Waals surface area contributed by atoms with Gasteiger partial charge < -0.3 is 20.2 Å². The Morgan fingerprint density at radius 2 is 1.90 bits per heavy atom. The van der Waals surface area contributed by atoms with Crippen LogP contribution in [0, 0.1) is 6.92 Å². The van der Waals surface area contributed by atoms with Crippen molar-refractivity contribution in [2.45, 2.75) is 24.8 Å². The van der Waals surface area contributed by atoms with Crippen LogP contribution in [0.3, 0.4) is 0 Å². The molecule has 0 saturated carbocycles. The van der Waals surface area contributed by atoms with Crippen LogP contribution in [0.1, 0.15) is 12.7 Å². The summed E-state index contributed by atoms with van der Waals surface area (Å²) in [4.78, 5) is 11.7. The van der Waals surface area contributed by atoms with Gasteiger partial charge in [-0.15, -0.1) is 0 Å². The van der Waals surface area contributed by atoms with Crippen molar-refractivity contribution in [3.63, 3.8) is 0 Å². The number of hydrogen-bond acceptors (Lipinski definition) is 6. The highest BCUT2D eigenvalue weighted by Crippen LogP contribution is 2.33. The number of aryl methyl sites for hydroxylation is 1. The number of nitrogens with one attached hydrogen (secondary N) is 2. The summed E-state index contributed by atoms with van der Waals surface area (Å²) >= 11 is 6.28. The summed E-state index contributed by atoms with van der Waals surface area (Å²) in [7, 11) is -2.66. The van der Waals surface area contributed by atoms with Crippen molar-refractivity contribution in [1.29, 1.82) is 0 Å². The molecule has 2 aromatic carbocycles. The lowest BCUT2D eigenvalue weighted by Gasteiger charge is -2.15. The van der Waals surface area contributed by atoms with E-state index >= 15 is 0 Å². The number of amides is 1. The first-order valence-electron chi connectivity index (χ1n) is 9.24. The monoisotopic (exact) mass is 463 g/mol. The predicted octanol–water partition coefficient (Wildman–Crippen LogP) is 4.00. The van der Waals surface area contributed by atoms with E-state index in [0.29, 0.717) is 17.0 Å². The Labute approximate surface area is 185 Å². The van der Waals surface area contributed by atoms with Gasteiger partial charge in [-0.3, -0.25) is 9.52 Å². The average Bonchev–Trinajstić information content (AvgIpc) is 3.14. The highest BCUT2D eigenvalue weighted by molar-refractivity contribution is 7.92. The minimum absolute atomic E-state index is 0.0273. The van der Waals surface area contributed by atoms with Gasteiger partial charge in [-0.25, -0.2) is 8.42 Å². The fraction of sp³-hybridized carbons (Fsp3) is 0.190. The molecule has 10 heteroatoms. The molecule has 1 heterocycles. The summed E-state index contributed by atoms with van der Waals surface area (Å²) in [6.45, 7) is 3.35. The van der Waals surface area contributed by atoms with Crippen molar-refractivity contribution in [3.05, 3.63) is 59.3 Å². The number of anilines is 2. The molecule has 1 aromatic heterocycles. The zero-order valence-electron chi connectivity index (χ0n) is 17.1. The topological polar surface area (TPSA) is 124 Å². The maximum absolute atomic E-state index is 13.0. The molecule has 0 saturated heterocycles. The molecular weight excluding hydrogens is 442 g/mol. The van der Waals surface area contributed by atoms with Gasteiger partial charge in [-0.1, -0.05) is 11.6 Å². The first kappa shape index (κ1) is 22.7. The Bertz CT molecular complexity index is 1220. The summed E-state index contributed by atoms with van der Waals surface area (Å²) < 4.78 is 39.3. The van der Waals surface area contributed by atoms with Crippen LogP contribution in [0.15, 0.2) is 57.8 Å². The fourth-order valence-electron chi connectivity index (χ4n) is 2.78. The van der Waals surface area contributed by atoms with Crippen molar-refractivity contribution in [3.8, 4) is 17.1 Å². The molecule has 164 valence electrons. The SMILES string of the molecule is COc1ccc(NC(=O)C(C)N)cc1NS(=O)(=O)c1ccc(-c2ccc(C)o2)cc1Cl. The van der Waals surface area contributed by atoms with Crippen LogP contribution in [0.2, 0.25) is 5.02 Å². The van der Waals surface area contributed by atoms with E-state index in [1.807, 2.05) is 6.92 Å². The number of methoxy groups -OCH3 is 1. The predicted molar refractivity (Wildman–Crippen MR) is 120 cm³/mol. The number of hydrogen-bond donors (Lipinski definition) is 3. The molecule has 0 aliphatic carbocycles. The Hall–Kier alpha value is -3.01. The number of nitrogens with two attached hydrogens (primary N) is 1. The zero-order valence-corrected chi connectivity index (χ0v) is 18.7. The number of ether oxygens (including phenoxy) is 1. The van der Waals surface area contributed by atoms with Crippen molar-refractivity contribution in [1.82, 2.24) is 0 Å². The molecule has 0 radical (unpaired) electrons. The Kier molecular flexibility index (Phi) is 6.59. The number of halogens is 1. The van der Waals surface area contributed by atoms with Crippen LogP contribution >= 0.6 is 11.6 Å². The highest BCUT2D eigenvalue weighted by Gasteiger charge is 2.21. The second-order valence-corrected chi connectivity index (χ2v) is 8.91.